The third-order valence-electron chi connectivity index (χ3n) is 3.33. The number of fused-ring (bicyclic) bond motifs is 1. The lowest BCUT2D eigenvalue weighted by atomic mass is 9.91. The molecule has 0 saturated heterocycles. The van der Waals surface area contributed by atoms with Gasteiger partial charge in [-0.25, -0.2) is 0 Å². The molecule has 6 heteroatoms. The van der Waals surface area contributed by atoms with Crippen molar-refractivity contribution >= 4 is 11.6 Å². The number of carbonyl (C=O) groups is 1. The molecule has 0 saturated carbocycles. The molecule has 0 radical (unpaired) electrons. The summed E-state index contributed by atoms with van der Waals surface area (Å²) < 4.78 is 5.48. The number of azide groups is 1. The summed E-state index contributed by atoms with van der Waals surface area (Å²) in [5, 5.41) is 3.49. The third-order valence-corrected chi connectivity index (χ3v) is 3.33. The van der Waals surface area contributed by atoms with Crippen LogP contribution in [0.2, 0.25) is 0 Å². The topological polar surface area (TPSA) is 78.3 Å². The van der Waals surface area contributed by atoms with Crippen LogP contribution in [0.5, 0.6) is 0 Å². The molecule has 1 heterocycles. The number of carbonyl (C=O) groups excluding carboxylic acids is 1. The van der Waals surface area contributed by atoms with Crippen molar-refractivity contribution < 1.29 is 9.53 Å². The highest BCUT2D eigenvalue weighted by Crippen LogP contribution is 2.43. The Morgan fingerprint density at radius 3 is 2.89 bits per heavy atom. The van der Waals surface area contributed by atoms with E-state index in [1.54, 1.807) is 11.9 Å². The molecule has 1 aliphatic heterocycles. The second kappa shape index (κ2) is 4.68. The Bertz CT molecular complexity index is 525. The number of amides is 1. The zero-order valence-electron chi connectivity index (χ0n) is 10.3. The Hall–Kier alpha value is -2.04. The van der Waals surface area contributed by atoms with Crippen molar-refractivity contribution in [1.29, 1.82) is 0 Å². The lowest BCUT2D eigenvalue weighted by Gasteiger charge is -2.25. The standard InChI is InChI=1S/C12H14N4O2/c1-16-10-6-4-3-5-9(10)12(18-2,11(16)17)7-8-14-15-13/h3-6H,7-8H2,1-2H3/t12-/m1/s1. The van der Waals surface area contributed by atoms with Crippen LogP contribution >= 0.6 is 0 Å². The van der Waals surface area contributed by atoms with Crippen LogP contribution in [-0.2, 0) is 15.1 Å². The molecule has 0 unspecified atom stereocenters. The first-order chi connectivity index (χ1) is 8.67. The molecule has 0 N–H and O–H groups in total. The molecule has 18 heavy (non-hydrogen) atoms. The maximum atomic E-state index is 12.4. The molecule has 0 fully saturated rings. The predicted octanol–water partition coefficient (Wildman–Crippen LogP) is 2.21. The number of hydrogen-bond donors (Lipinski definition) is 0. The molecule has 0 aliphatic carbocycles. The molecule has 1 atom stereocenters. The Kier molecular flexibility index (Phi) is 3.23. The number of methoxy groups -OCH3 is 1. The monoisotopic (exact) mass is 246 g/mol. The van der Waals surface area contributed by atoms with Gasteiger partial charge in [0, 0.05) is 31.2 Å². The Balaban J connectivity index is 2.46. The lowest BCUT2D eigenvalue weighted by Crippen LogP contribution is -2.40. The van der Waals surface area contributed by atoms with E-state index in [2.05, 4.69) is 10.0 Å². The van der Waals surface area contributed by atoms with Crippen molar-refractivity contribution in [3.63, 3.8) is 0 Å². The smallest absolute Gasteiger partial charge is 0.263 e. The summed E-state index contributed by atoms with van der Waals surface area (Å²) in [5.74, 6) is -0.126. The molecule has 0 bridgehead atoms. The van der Waals surface area contributed by atoms with E-state index in [0.717, 1.165) is 11.3 Å². The zero-order chi connectivity index (χ0) is 13.2. The van der Waals surface area contributed by atoms with Crippen molar-refractivity contribution in [2.75, 3.05) is 25.6 Å². The molecular formula is C12H14N4O2. The first kappa shape index (κ1) is 12.4. The highest BCUT2D eigenvalue weighted by molar-refractivity contribution is 6.06. The highest BCUT2D eigenvalue weighted by Gasteiger charge is 2.49. The third kappa shape index (κ3) is 1.63. The van der Waals surface area contributed by atoms with E-state index in [4.69, 9.17) is 10.3 Å². The van der Waals surface area contributed by atoms with E-state index >= 15 is 0 Å². The van der Waals surface area contributed by atoms with Crippen LogP contribution in [0.25, 0.3) is 10.4 Å². The van der Waals surface area contributed by atoms with Crippen LogP contribution in [0.1, 0.15) is 12.0 Å². The van der Waals surface area contributed by atoms with Gasteiger partial charge in [0.15, 0.2) is 5.60 Å². The number of hydrogen-bond acceptors (Lipinski definition) is 3. The Morgan fingerprint density at radius 1 is 1.50 bits per heavy atom. The van der Waals surface area contributed by atoms with Gasteiger partial charge in [0.2, 0.25) is 0 Å². The maximum Gasteiger partial charge on any atom is 0.263 e. The van der Waals surface area contributed by atoms with Gasteiger partial charge in [0.1, 0.15) is 0 Å². The van der Waals surface area contributed by atoms with E-state index < -0.39 is 5.60 Å². The largest absolute Gasteiger partial charge is 0.363 e. The Morgan fingerprint density at radius 2 is 2.22 bits per heavy atom. The molecule has 1 aromatic rings. The van der Waals surface area contributed by atoms with E-state index in [9.17, 15) is 4.79 Å². The van der Waals surface area contributed by atoms with Crippen molar-refractivity contribution in [3.05, 3.63) is 40.3 Å². The van der Waals surface area contributed by atoms with Crippen molar-refractivity contribution in [2.24, 2.45) is 5.11 Å². The molecule has 0 spiro atoms. The normalized spacial score (nSPS) is 21.7. The number of nitrogens with zero attached hydrogens (tertiary/aromatic N) is 4. The first-order valence-electron chi connectivity index (χ1n) is 5.61. The minimum atomic E-state index is -1.03. The number of benzene rings is 1. The maximum absolute atomic E-state index is 12.4. The average molecular weight is 246 g/mol. The number of rotatable bonds is 4. The molecule has 94 valence electrons. The van der Waals surface area contributed by atoms with Crippen LogP contribution in [0.3, 0.4) is 0 Å². The van der Waals surface area contributed by atoms with Crippen LogP contribution in [-0.4, -0.2) is 26.6 Å². The van der Waals surface area contributed by atoms with E-state index in [1.807, 2.05) is 24.3 Å². The molecular weight excluding hydrogens is 232 g/mol. The van der Waals surface area contributed by atoms with Gasteiger partial charge in [0.05, 0.1) is 5.69 Å². The lowest BCUT2D eigenvalue weighted by molar-refractivity contribution is -0.140. The predicted molar refractivity (Wildman–Crippen MR) is 67.2 cm³/mol. The van der Waals surface area contributed by atoms with Gasteiger partial charge in [-0.15, -0.1) is 0 Å². The fourth-order valence-corrected chi connectivity index (χ4v) is 2.40. The van der Waals surface area contributed by atoms with Crippen molar-refractivity contribution in [1.82, 2.24) is 0 Å². The summed E-state index contributed by atoms with van der Waals surface area (Å²) in [7, 11) is 3.22. The molecule has 6 nitrogen and oxygen atoms in total. The van der Waals surface area contributed by atoms with Gasteiger partial charge in [-0.3, -0.25) is 4.79 Å². The number of ether oxygens (including phenoxy) is 1. The second-order valence-corrected chi connectivity index (χ2v) is 4.12. The summed E-state index contributed by atoms with van der Waals surface area (Å²) in [6, 6.07) is 7.49. The minimum Gasteiger partial charge on any atom is -0.363 e. The van der Waals surface area contributed by atoms with Gasteiger partial charge in [0.25, 0.3) is 5.91 Å². The van der Waals surface area contributed by atoms with Gasteiger partial charge >= 0.3 is 0 Å². The van der Waals surface area contributed by atoms with Gasteiger partial charge in [-0.05, 0) is 18.0 Å². The van der Waals surface area contributed by atoms with Crippen LogP contribution < -0.4 is 4.90 Å². The van der Waals surface area contributed by atoms with Crippen LogP contribution in [0, 0.1) is 0 Å². The quantitative estimate of drug-likeness (QED) is 0.464. The fourth-order valence-electron chi connectivity index (χ4n) is 2.40. The first-order valence-corrected chi connectivity index (χ1v) is 5.61. The zero-order valence-corrected chi connectivity index (χ0v) is 10.3. The van der Waals surface area contributed by atoms with E-state index in [-0.39, 0.29) is 12.5 Å². The average Bonchev–Trinajstić information content (AvgIpc) is 2.62. The molecule has 2 rings (SSSR count). The molecule has 1 aliphatic rings. The molecule has 0 aromatic heterocycles. The summed E-state index contributed by atoms with van der Waals surface area (Å²) >= 11 is 0. The van der Waals surface area contributed by atoms with Crippen LogP contribution in [0.4, 0.5) is 5.69 Å². The van der Waals surface area contributed by atoms with Crippen molar-refractivity contribution in [3.8, 4) is 0 Å². The second-order valence-electron chi connectivity index (χ2n) is 4.12. The van der Waals surface area contributed by atoms with E-state index in [0.29, 0.717) is 6.42 Å². The number of anilines is 1. The summed E-state index contributed by atoms with van der Waals surface area (Å²) in [4.78, 5) is 16.7. The molecule has 1 aromatic carbocycles. The Labute approximate surface area is 105 Å². The summed E-state index contributed by atoms with van der Waals surface area (Å²) in [6.45, 7) is 0.220. The number of likely N-dealkylation sites (N-methyl/N-ethyl adjacent to an activating group) is 1. The highest BCUT2D eigenvalue weighted by atomic mass is 16.5. The summed E-state index contributed by atoms with van der Waals surface area (Å²) in [6.07, 6.45) is 0.341. The number of para-hydroxylation sites is 1. The molecule has 1 amide bonds. The van der Waals surface area contributed by atoms with E-state index in [1.165, 1.54) is 7.11 Å². The fraction of sp³-hybridized carbons (Fsp3) is 0.417. The van der Waals surface area contributed by atoms with Gasteiger partial charge in [-0.1, -0.05) is 23.3 Å². The SMILES string of the molecule is CO[C@@]1(CCN=[N+]=[N-])C(=O)N(C)c2ccccc21. The summed E-state index contributed by atoms with van der Waals surface area (Å²) in [5.41, 5.74) is 8.97. The minimum absolute atomic E-state index is 0.126. The van der Waals surface area contributed by atoms with Gasteiger partial charge < -0.3 is 9.64 Å². The van der Waals surface area contributed by atoms with Crippen molar-refractivity contribution in [2.45, 2.75) is 12.0 Å². The van der Waals surface area contributed by atoms with Crippen LogP contribution in [0.15, 0.2) is 29.4 Å². The van der Waals surface area contributed by atoms with Gasteiger partial charge in [-0.2, -0.15) is 0 Å².